The highest BCUT2D eigenvalue weighted by molar-refractivity contribution is 5.95. The lowest BCUT2D eigenvalue weighted by atomic mass is 9.71. The number of aromatic hydroxyl groups is 1. The van der Waals surface area contributed by atoms with Crippen molar-refractivity contribution < 1.29 is 33.3 Å². The van der Waals surface area contributed by atoms with Crippen molar-refractivity contribution in [2.45, 2.75) is 24.9 Å². The summed E-state index contributed by atoms with van der Waals surface area (Å²) in [7, 11) is 0. The van der Waals surface area contributed by atoms with E-state index in [0.29, 0.717) is 11.1 Å². The van der Waals surface area contributed by atoms with Gasteiger partial charge in [-0.3, -0.25) is 0 Å². The third-order valence-corrected chi connectivity index (χ3v) is 5.63. The van der Waals surface area contributed by atoms with Gasteiger partial charge in [0.1, 0.15) is 11.4 Å². The van der Waals surface area contributed by atoms with Gasteiger partial charge in [0.25, 0.3) is 0 Å². The molecule has 0 aliphatic carbocycles. The summed E-state index contributed by atoms with van der Waals surface area (Å²) in [6.07, 6.45) is -1.01. The zero-order chi connectivity index (χ0) is 20.2. The molecule has 0 unspecified atom stereocenters. The van der Waals surface area contributed by atoms with Crippen LogP contribution in [0.25, 0.3) is 0 Å². The number of piperidine rings is 1. The van der Waals surface area contributed by atoms with E-state index < -0.39 is 35.2 Å². The maximum Gasteiger partial charge on any atom is 0.407 e. The smallest absolute Gasteiger partial charge is 0.407 e. The van der Waals surface area contributed by atoms with E-state index in [1.807, 2.05) is 0 Å². The van der Waals surface area contributed by atoms with Crippen LogP contribution in [-0.2, 0) is 10.3 Å². The molecule has 146 valence electrons. The number of nitrogens with zero attached hydrogens (tertiary/aromatic N) is 1. The zero-order valence-corrected chi connectivity index (χ0v) is 14.9. The van der Waals surface area contributed by atoms with E-state index in [-0.39, 0.29) is 36.4 Å². The van der Waals surface area contributed by atoms with Crippen molar-refractivity contribution in [3.8, 4) is 5.75 Å². The Hall–Kier alpha value is -3.16. The first-order valence-electron chi connectivity index (χ1n) is 8.73. The summed E-state index contributed by atoms with van der Waals surface area (Å²) in [5.74, 6) is -3.61. The van der Waals surface area contributed by atoms with Gasteiger partial charge in [-0.15, -0.1) is 0 Å². The van der Waals surface area contributed by atoms with E-state index in [4.69, 9.17) is 4.74 Å². The molecule has 1 spiro atoms. The highest BCUT2D eigenvalue weighted by atomic mass is 19.2. The van der Waals surface area contributed by atoms with E-state index in [9.17, 15) is 28.6 Å². The number of carbonyl (C=O) groups is 2. The molecule has 2 aromatic carbocycles. The number of halogens is 2. The number of phenolic OH excluding ortho intramolecular Hbond substituents is 1. The predicted molar refractivity (Wildman–Crippen MR) is 93.3 cm³/mol. The predicted octanol–water partition coefficient (Wildman–Crippen LogP) is 3.51. The minimum absolute atomic E-state index is 0.00661. The summed E-state index contributed by atoms with van der Waals surface area (Å²) in [6.45, 7) is 1.83. The standard InChI is InChI=1S/C20H17F2NO5/c1-10-6-11(24)2-3-12(10)15-9-23(19(26)27)5-4-20(15)14-8-17(22)16(21)7-13(14)18(25)28-20/h2-3,6-8,15,24H,4-5,9H2,1H3,(H,26,27)/t15-,20+/m1/s1. The molecule has 6 nitrogen and oxygen atoms in total. The molecule has 2 aromatic rings. The number of aryl methyl sites for hydroxylation is 1. The highest BCUT2D eigenvalue weighted by Crippen LogP contribution is 2.52. The van der Waals surface area contributed by atoms with Gasteiger partial charge in [0.15, 0.2) is 11.6 Å². The molecule has 2 heterocycles. The Kier molecular flexibility index (Phi) is 4.02. The fraction of sp³-hybridized carbons (Fsp3) is 0.300. The van der Waals surface area contributed by atoms with Gasteiger partial charge in [-0.25, -0.2) is 18.4 Å². The SMILES string of the molecule is Cc1cc(O)ccc1[C@H]1CN(C(=O)O)CC[C@@]12OC(=O)c1cc(F)c(F)cc12. The van der Waals surface area contributed by atoms with Crippen LogP contribution in [0.4, 0.5) is 13.6 Å². The molecule has 2 aliphatic heterocycles. The lowest BCUT2D eigenvalue weighted by Crippen LogP contribution is -2.50. The highest BCUT2D eigenvalue weighted by Gasteiger charge is 2.55. The quantitative estimate of drug-likeness (QED) is 0.729. The Labute approximate surface area is 159 Å². The van der Waals surface area contributed by atoms with Crippen LogP contribution >= 0.6 is 0 Å². The maximum atomic E-state index is 14.0. The van der Waals surface area contributed by atoms with Crippen molar-refractivity contribution in [2.24, 2.45) is 0 Å². The molecule has 28 heavy (non-hydrogen) atoms. The summed E-state index contributed by atoms with van der Waals surface area (Å²) in [6, 6.07) is 6.40. The summed E-state index contributed by atoms with van der Waals surface area (Å²) >= 11 is 0. The lowest BCUT2D eigenvalue weighted by Gasteiger charge is -2.44. The van der Waals surface area contributed by atoms with E-state index >= 15 is 0 Å². The van der Waals surface area contributed by atoms with Gasteiger partial charge in [-0.1, -0.05) is 6.07 Å². The monoisotopic (exact) mass is 389 g/mol. The lowest BCUT2D eigenvalue weighted by molar-refractivity contribution is -0.0545. The van der Waals surface area contributed by atoms with Crippen molar-refractivity contribution in [3.05, 3.63) is 64.2 Å². The Balaban J connectivity index is 1.91. The van der Waals surface area contributed by atoms with Crippen LogP contribution in [0.5, 0.6) is 5.75 Å². The van der Waals surface area contributed by atoms with Gasteiger partial charge in [-0.05, 0) is 42.3 Å². The molecule has 2 atom stereocenters. The second-order valence-electron chi connectivity index (χ2n) is 7.16. The first-order chi connectivity index (χ1) is 13.2. The first-order valence-corrected chi connectivity index (χ1v) is 8.73. The molecule has 0 aromatic heterocycles. The average Bonchev–Trinajstić information content (AvgIpc) is 2.88. The third kappa shape index (κ3) is 2.59. The molecule has 1 amide bonds. The largest absolute Gasteiger partial charge is 0.508 e. The maximum absolute atomic E-state index is 14.0. The number of carbonyl (C=O) groups excluding carboxylic acids is 1. The number of hydrogen-bond donors (Lipinski definition) is 2. The number of ether oxygens (including phenoxy) is 1. The van der Waals surface area contributed by atoms with Crippen molar-refractivity contribution in [1.29, 1.82) is 0 Å². The van der Waals surface area contributed by atoms with Crippen LogP contribution in [-0.4, -0.2) is 40.3 Å². The number of hydrogen-bond acceptors (Lipinski definition) is 4. The Morgan fingerprint density at radius 3 is 2.64 bits per heavy atom. The Bertz CT molecular complexity index is 1010. The molecule has 2 N–H and O–H groups in total. The summed E-state index contributed by atoms with van der Waals surface area (Å²) < 4.78 is 33.4. The number of fused-ring (bicyclic) bond motifs is 2. The van der Waals surface area contributed by atoms with Crippen LogP contribution in [0.2, 0.25) is 0 Å². The number of esters is 1. The van der Waals surface area contributed by atoms with E-state index in [1.165, 1.54) is 17.0 Å². The van der Waals surface area contributed by atoms with Gasteiger partial charge in [0.2, 0.25) is 0 Å². The number of rotatable bonds is 1. The first kappa shape index (κ1) is 18.2. The van der Waals surface area contributed by atoms with E-state index in [0.717, 1.165) is 12.1 Å². The number of benzene rings is 2. The van der Waals surface area contributed by atoms with Crippen molar-refractivity contribution in [3.63, 3.8) is 0 Å². The van der Waals surface area contributed by atoms with Crippen LogP contribution in [0.1, 0.15) is 39.4 Å². The van der Waals surface area contributed by atoms with E-state index in [1.54, 1.807) is 13.0 Å². The average molecular weight is 389 g/mol. The number of likely N-dealkylation sites (tertiary alicyclic amines) is 1. The van der Waals surface area contributed by atoms with Crippen LogP contribution < -0.4 is 0 Å². The minimum Gasteiger partial charge on any atom is -0.508 e. The number of amides is 1. The Morgan fingerprint density at radius 2 is 1.96 bits per heavy atom. The second kappa shape index (κ2) is 6.19. The summed E-state index contributed by atoms with van der Waals surface area (Å²) in [4.78, 5) is 25.2. The zero-order valence-electron chi connectivity index (χ0n) is 14.9. The van der Waals surface area contributed by atoms with E-state index in [2.05, 4.69) is 0 Å². The molecule has 0 saturated carbocycles. The topological polar surface area (TPSA) is 87.1 Å². The van der Waals surface area contributed by atoms with Crippen LogP contribution in [0.3, 0.4) is 0 Å². The van der Waals surface area contributed by atoms with Gasteiger partial charge in [-0.2, -0.15) is 0 Å². The molecule has 2 aliphatic rings. The van der Waals surface area contributed by atoms with Crippen molar-refractivity contribution in [2.75, 3.05) is 13.1 Å². The summed E-state index contributed by atoms with van der Waals surface area (Å²) in [5.41, 5.74) is 0.190. The van der Waals surface area contributed by atoms with Gasteiger partial charge >= 0.3 is 12.1 Å². The normalized spacial score (nSPS) is 23.6. The molecular weight excluding hydrogens is 372 g/mol. The Morgan fingerprint density at radius 1 is 1.25 bits per heavy atom. The molecular formula is C20H17F2NO5. The van der Waals surface area contributed by atoms with Crippen LogP contribution in [0, 0.1) is 18.6 Å². The van der Waals surface area contributed by atoms with Crippen molar-refractivity contribution >= 4 is 12.1 Å². The minimum atomic E-state index is -1.31. The van der Waals surface area contributed by atoms with Gasteiger partial charge in [0, 0.05) is 31.0 Å². The molecule has 8 heteroatoms. The third-order valence-electron chi connectivity index (χ3n) is 5.63. The number of carboxylic acid groups (broad SMARTS) is 1. The fourth-order valence-electron chi connectivity index (χ4n) is 4.29. The molecule has 0 bridgehead atoms. The second-order valence-corrected chi connectivity index (χ2v) is 7.16. The molecule has 0 radical (unpaired) electrons. The number of phenols is 1. The van der Waals surface area contributed by atoms with Gasteiger partial charge < -0.3 is 19.8 Å². The fourth-order valence-corrected chi connectivity index (χ4v) is 4.29. The molecule has 1 fully saturated rings. The molecule has 1 saturated heterocycles. The van der Waals surface area contributed by atoms with Crippen molar-refractivity contribution in [1.82, 2.24) is 4.90 Å². The molecule has 4 rings (SSSR count). The van der Waals surface area contributed by atoms with Gasteiger partial charge in [0.05, 0.1) is 5.56 Å². The van der Waals surface area contributed by atoms with Crippen LogP contribution in [0.15, 0.2) is 30.3 Å². The summed E-state index contributed by atoms with van der Waals surface area (Å²) in [5, 5.41) is 19.2.